The van der Waals surface area contributed by atoms with Crippen LogP contribution in [0.5, 0.6) is 0 Å². The first-order chi connectivity index (χ1) is 15.1. The van der Waals surface area contributed by atoms with Gasteiger partial charge in [-0.2, -0.15) is 0 Å². The number of rotatable bonds is 2. The fraction of sp³-hybridized carbons (Fsp3) is 0.630. The molecule has 2 aliphatic carbocycles. The molecule has 4 heteroatoms. The number of hydrogen-bond donors (Lipinski definition) is 4. The van der Waals surface area contributed by atoms with Crippen LogP contribution in [0.3, 0.4) is 0 Å². The number of allylic oxidation sites excluding steroid dienone is 2. The van der Waals surface area contributed by atoms with Gasteiger partial charge in [0.2, 0.25) is 0 Å². The third kappa shape index (κ3) is 6.07. The minimum absolute atomic E-state index is 0.263. The molecule has 172 valence electrons. The van der Waals surface area contributed by atoms with Gasteiger partial charge in [0.15, 0.2) is 0 Å². The van der Waals surface area contributed by atoms with Gasteiger partial charge in [-0.25, -0.2) is 0 Å². The van der Waals surface area contributed by atoms with E-state index in [0.29, 0.717) is 17.4 Å². The summed E-state index contributed by atoms with van der Waals surface area (Å²) < 4.78 is 0. The predicted octanol–water partition coefficient (Wildman–Crippen LogP) is 4.33. The number of nitrogens with one attached hydrogen (secondary N) is 2. The summed E-state index contributed by atoms with van der Waals surface area (Å²) in [4.78, 5) is 0. The molecule has 1 aromatic rings. The molecule has 2 aliphatic heterocycles. The van der Waals surface area contributed by atoms with Crippen LogP contribution >= 0.6 is 0 Å². The van der Waals surface area contributed by atoms with E-state index in [1.54, 1.807) is 0 Å². The van der Waals surface area contributed by atoms with Gasteiger partial charge in [0.25, 0.3) is 0 Å². The van der Waals surface area contributed by atoms with E-state index >= 15 is 0 Å². The number of piperidine rings is 1. The van der Waals surface area contributed by atoms with Crippen LogP contribution in [0, 0.1) is 5.92 Å². The third-order valence-corrected chi connectivity index (χ3v) is 7.08. The summed E-state index contributed by atoms with van der Waals surface area (Å²) >= 11 is 0. The lowest BCUT2D eigenvalue weighted by atomic mass is 9.74. The van der Waals surface area contributed by atoms with Crippen molar-refractivity contribution in [2.45, 2.75) is 76.3 Å². The molecule has 2 saturated heterocycles. The van der Waals surface area contributed by atoms with E-state index in [4.69, 9.17) is 11.5 Å². The fourth-order valence-corrected chi connectivity index (χ4v) is 5.46. The molecular formula is C27H44N4. The second kappa shape index (κ2) is 12.0. The molecule has 0 saturated carbocycles. The summed E-state index contributed by atoms with van der Waals surface area (Å²) in [5.41, 5.74) is 16.7. The van der Waals surface area contributed by atoms with E-state index in [0.717, 1.165) is 32.6 Å². The van der Waals surface area contributed by atoms with E-state index in [1.165, 1.54) is 55.2 Å². The van der Waals surface area contributed by atoms with Crippen LogP contribution in [0.25, 0.3) is 0 Å². The monoisotopic (exact) mass is 424 g/mol. The molecule has 3 atom stereocenters. The van der Waals surface area contributed by atoms with Crippen molar-refractivity contribution in [3.8, 4) is 0 Å². The lowest BCUT2D eigenvalue weighted by molar-refractivity contribution is 0.294. The largest absolute Gasteiger partial charge is 0.330 e. The number of hydrogen-bond acceptors (Lipinski definition) is 4. The highest BCUT2D eigenvalue weighted by Gasteiger charge is 2.42. The molecule has 0 radical (unpaired) electrons. The Labute approximate surface area is 189 Å². The topological polar surface area (TPSA) is 76.1 Å². The van der Waals surface area contributed by atoms with Crippen LogP contribution in [-0.2, 0) is 5.41 Å². The second-order valence-electron chi connectivity index (χ2n) is 9.62. The molecule has 2 fully saturated rings. The average Bonchev–Trinajstić information content (AvgIpc) is 3.40. The van der Waals surface area contributed by atoms with Crippen molar-refractivity contribution >= 4 is 0 Å². The van der Waals surface area contributed by atoms with Crippen molar-refractivity contribution in [1.29, 1.82) is 0 Å². The second-order valence-corrected chi connectivity index (χ2v) is 9.62. The first-order valence-corrected chi connectivity index (χ1v) is 12.5. The zero-order valence-corrected chi connectivity index (χ0v) is 19.7. The van der Waals surface area contributed by atoms with Crippen molar-refractivity contribution in [3.63, 3.8) is 0 Å². The maximum Gasteiger partial charge on any atom is 0.0320 e. The molecular weight excluding hydrogens is 380 g/mol. The van der Waals surface area contributed by atoms with E-state index < -0.39 is 0 Å². The van der Waals surface area contributed by atoms with Crippen LogP contribution in [0.4, 0.5) is 0 Å². The maximum absolute atomic E-state index is 6.23. The summed E-state index contributed by atoms with van der Waals surface area (Å²) in [7, 11) is 0. The Morgan fingerprint density at radius 1 is 1.10 bits per heavy atom. The van der Waals surface area contributed by atoms with Crippen LogP contribution in [0.2, 0.25) is 0 Å². The maximum atomic E-state index is 6.23. The Hall–Kier alpha value is -1.46. The highest BCUT2D eigenvalue weighted by Crippen LogP contribution is 2.48. The van der Waals surface area contributed by atoms with Gasteiger partial charge in [-0.3, -0.25) is 0 Å². The van der Waals surface area contributed by atoms with E-state index in [-0.39, 0.29) is 6.04 Å². The van der Waals surface area contributed by atoms with Gasteiger partial charge in [-0.05, 0) is 92.7 Å². The highest BCUT2D eigenvalue weighted by molar-refractivity contribution is 5.42. The lowest BCUT2D eigenvalue weighted by Gasteiger charge is -2.35. The first-order valence-electron chi connectivity index (χ1n) is 12.5. The molecule has 4 aliphatic rings. The molecule has 0 aromatic heterocycles. The molecule has 5 rings (SSSR count). The third-order valence-electron chi connectivity index (χ3n) is 7.08. The summed E-state index contributed by atoms with van der Waals surface area (Å²) in [5, 5.41) is 6.97. The summed E-state index contributed by atoms with van der Waals surface area (Å²) in [6.07, 6.45) is 15.4. The Kier molecular flexibility index (Phi) is 9.33. The predicted molar refractivity (Wildman–Crippen MR) is 133 cm³/mol. The molecule has 31 heavy (non-hydrogen) atoms. The summed E-state index contributed by atoms with van der Waals surface area (Å²) in [6, 6.07) is 9.59. The number of fused-ring (bicyclic) bond motifs is 2. The minimum atomic E-state index is 0.263. The fourth-order valence-electron chi connectivity index (χ4n) is 5.46. The van der Waals surface area contributed by atoms with Gasteiger partial charge < -0.3 is 22.1 Å². The van der Waals surface area contributed by atoms with Crippen molar-refractivity contribution in [1.82, 2.24) is 10.6 Å². The van der Waals surface area contributed by atoms with Crippen molar-refractivity contribution < 1.29 is 0 Å². The van der Waals surface area contributed by atoms with E-state index in [2.05, 4.69) is 67.0 Å². The van der Waals surface area contributed by atoms with E-state index in [1.807, 2.05) is 0 Å². The first kappa shape index (κ1) is 24.2. The van der Waals surface area contributed by atoms with Crippen LogP contribution in [-0.4, -0.2) is 32.2 Å². The minimum Gasteiger partial charge on any atom is -0.330 e. The van der Waals surface area contributed by atoms with Gasteiger partial charge >= 0.3 is 0 Å². The molecule has 0 amide bonds. The molecule has 6 N–H and O–H groups in total. The highest BCUT2D eigenvalue weighted by atomic mass is 15.0. The standard InChI is InChI=1S/C13H18N2.C11H18N2.C3H8/c14-12-9-13(5-7-15-8-6-13)11-4-2-1-3-10(11)12;12-7-9-6-11(13-8-9)10-4-2-1-3-5-10;1-3-2/h1-4,12,15H,5-9,14H2;2,4-5,9,11,13H,1,3,6-8,12H2;3H2,1-2H3. The van der Waals surface area contributed by atoms with Crippen molar-refractivity contribution in [2.24, 2.45) is 17.4 Å². The van der Waals surface area contributed by atoms with Crippen LogP contribution in [0.15, 0.2) is 48.1 Å². The molecule has 2 heterocycles. The molecule has 0 bridgehead atoms. The van der Waals surface area contributed by atoms with Gasteiger partial charge in [-0.15, -0.1) is 0 Å². The van der Waals surface area contributed by atoms with Gasteiger partial charge in [0, 0.05) is 12.1 Å². The summed E-state index contributed by atoms with van der Waals surface area (Å²) in [6.45, 7) is 8.44. The van der Waals surface area contributed by atoms with Crippen LogP contribution in [0.1, 0.15) is 76.0 Å². The van der Waals surface area contributed by atoms with E-state index in [9.17, 15) is 0 Å². The quantitative estimate of drug-likeness (QED) is 0.570. The SMILES string of the molecule is CCC.NC1CC2(CCNCC2)c2ccccc21.NCC1CNC(C2=CCCC=C2)C1. The Bertz CT molecular complexity index is 733. The van der Waals surface area contributed by atoms with Crippen molar-refractivity contribution in [3.05, 3.63) is 59.2 Å². The zero-order chi connectivity index (χ0) is 22.1. The molecule has 1 spiro atoms. The van der Waals surface area contributed by atoms with Gasteiger partial charge in [0.05, 0.1) is 0 Å². The van der Waals surface area contributed by atoms with Crippen LogP contribution < -0.4 is 22.1 Å². The Balaban J connectivity index is 0.000000158. The Morgan fingerprint density at radius 3 is 2.48 bits per heavy atom. The van der Waals surface area contributed by atoms with Gasteiger partial charge in [0.1, 0.15) is 0 Å². The number of benzene rings is 1. The summed E-state index contributed by atoms with van der Waals surface area (Å²) in [5.74, 6) is 0.682. The molecule has 3 unspecified atom stereocenters. The van der Waals surface area contributed by atoms with Crippen molar-refractivity contribution in [2.75, 3.05) is 26.2 Å². The Morgan fingerprint density at radius 2 is 1.84 bits per heavy atom. The molecule has 1 aromatic carbocycles. The average molecular weight is 425 g/mol. The number of nitrogens with two attached hydrogens (primary N) is 2. The van der Waals surface area contributed by atoms with Gasteiger partial charge in [-0.1, -0.05) is 62.8 Å². The smallest absolute Gasteiger partial charge is 0.0320 e. The molecule has 4 nitrogen and oxygen atoms in total. The normalized spacial score (nSPS) is 28.1. The zero-order valence-electron chi connectivity index (χ0n) is 19.7. The lowest BCUT2D eigenvalue weighted by Crippen LogP contribution is -2.38.